The fourth-order valence-corrected chi connectivity index (χ4v) is 4.03. The first-order valence-corrected chi connectivity index (χ1v) is 5.58. The van der Waals surface area contributed by atoms with E-state index in [4.69, 9.17) is 4.74 Å². The highest BCUT2D eigenvalue weighted by Crippen LogP contribution is 2.58. The minimum Gasteiger partial charge on any atom is -0.465 e. The van der Waals surface area contributed by atoms with Crippen LogP contribution in [0, 0.1) is 29.6 Å². The number of ether oxygens (including phenoxy) is 1. The molecule has 0 aromatic carbocycles. The molecular formula is C11H16O3. The molecule has 1 N–H and O–H groups in total. The molecule has 6 unspecified atom stereocenters. The maximum Gasteiger partial charge on any atom is 0.309 e. The summed E-state index contributed by atoms with van der Waals surface area (Å²) in [7, 11) is 0. The van der Waals surface area contributed by atoms with Gasteiger partial charge in [-0.2, -0.15) is 0 Å². The van der Waals surface area contributed by atoms with E-state index in [1.165, 1.54) is 0 Å². The first-order valence-electron chi connectivity index (χ1n) is 5.58. The van der Waals surface area contributed by atoms with Crippen LogP contribution in [0.5, 0.6) is 0 Å². The smallest absolute Gasteiger partial charge is 0.309 e. The number of cyclic esters (lactones) is 1. The molecule has 1 saturated heterocycles. The topological polar surface area (TPSA) is 46.5 Å². The van der Waals surface area contributed by atoms with Crippen LogP contribution in [0.25, 0.3) is 0 Å². The zero-order valence-electron chi connectivity index (χ0n) is 8.35. The molecule has 6 atom stereocenters. The van der Waals surface area contributed by atoms with E-state index in [-0.39, 0.29) is 23.9 Å². The third-order valence-corrected chi connectivity index (χ3v) is 4.61. The summed E-state index contributed by atoms with van der Waals surface area (Å²) in [5.74, 6) is 1.53. The molecule has 0 aromatic heterocycles. The lowest BCUT2D eigenvalue weighted by molar-refractivity contribution is -0.144. The second-order valence-corrected chi connectivity index (χ2v) is 4.95. The van der Waals surface area contributed by atoms with Crippen LogP contribution in [0.4, 0.5) is 0 Å². The number of aliphatic hydroxyl groups excluding tert-OH is 1. The molecule has 0 aromatic rings. The van der Waals surface area contributed by atoms with Gasteiger partial charge in [-0.3, -0.25) is 4.79 Å². The lowest BCUT2D eigenvalue weighted by atomic mass is 9.73. The Morgan fingerprint density at radius 1 is 1.43 bits per heavy atom. The summed E-state index contributed by atoms with van der Waals surface area (Å²) in [6.45, 7) is 2.73. The molecule has 3 aliphatic rings. The molecule has 3 heteroatoms. The summed E-state index contributed by atoms with van der Waals surface area (Å²) in [5.41, 5.74) is 0. The molecule has 1 heterocycles. The van der Waals surface area contributed by atoms with Gasteiger partial charge < -0.3 is 9.84 Å². The Hall–Kier alpha value is -0.570. The molecule has 14 heavy (non-hydrogen) atoms. The highest BCUT2D eigenvalue weighted by atomic mass is 16.5. The van der Waals surface area contributed by atoms with Crippen molar-refractivity contribution in [2.45, 2.75) is 25.9 Å². The summed E-state index contributed by atoms with van der Waals surface area (Å²) in [6, 6.07) is 0. The fraction of sp³-hybridized carbons (Fsp3) is 0.909. The molecule has 2 bridgehead atoms. The van der Waals surface area contributed by atoms with Gasteiger partial charge in [0.25, 0.3) is 0 Å². The van der Waals surface area contributed by atoms with E-state index in [1.54, 1.807) is 0 Å². The molecule has 0 radical (unpaired) electrons. The van der Waals surface area contributed by atoms with E-state index >= 15 is 0 Å². The predicted molar refractivity (Wildman–Crippen MR) is 49.3 cm³/mol. The minimum atomic E-state index is -0.253. The van der Waals surface area contributed by atoms with Gasteiger partial charge in [0.05, 0.1) is 18.6 Å². The molecule has 2 aliphatic carbocycles. The van der Waals surface area contributed by atoms with Crippen LogP contribution in [-0.4, -0.2) is 23.8 Å². The van der Waals surface area contributed by atoms with Crippen LogP contribution in [0.15, 0.2) is 0 Å². The van der Waals surface area contributed by atoms with Gasteiger partial charge in [0.1, 0.15) is 0 Å². The summed E-state index contributed by atoms with van der Waals surface area (Å²) in [6.07, 6.45) is 1.82. The number of hydrogen-bond acceptors (Lipinski definition) is 3. The lowest BCUT2D eigenvalue weighted by Crippen LogP contribution is -2.38. The van der Waals surface area contributed by atoms with E-state index in [9.17, 15) is 9.90 Å². The number of hydrogen-bond donors (Lipinski definition) is 1. The van der Waals surface area contributed by atoms with Gasteiger partial charge in [0.15, 0.2) is 0 Å². The third-order valence-electron chi connectivity index (χ3n) is 4.61. The van der Waals surface area contributed by atoms with Crippen LogP contribution >= 0.6 is 0 Å². The summed E-state index contributed by atoms with van der Waals surface area (Å²) in [5, 5.41) is 10.0. The summed E-state index contributed by atoms with van der Waals surface area (Å²) < 4.78 is 5.09. The maximum atomic E-state index is 11.5. The number of carbonyl (C=O) groups is 1. The van der Waals surface area contributed by atoms with Gasteiger partial charge in [-0.1, -0.05) is 13.3 Å². The molecule has 1 aliphatic heterocycles. The molecule has 78 valence electrons. The number of aliphatic hydroxyl groups is 1. The first-order chi connectivity index (χ1) is 6.74. The zero-order valence-corrected chi connectivity index (χ0v) is 8.35. The predicted octanol–water partition coefficient (Wildman–Crippen LogP) is 0.812. The maximum absolute atomic E-state index is 11.5. The van der Waals surface area contributed by atoms with E-state index < -0.39 is 0 Å². The second kappa shape index (κ2) is 2.72. The van der Waals surface area contributed by atoms with Crippen molar-refractivity contribution in [1.82, 2.24) is 0 Å². The highest BCUT2D eigenvalue weighted by Gasteiger charge is 2.62. The van der Waals surface area contributed by atoms with Crippen molar-refractivity contribution < 1.29 is 14.6 Å². The summed E-state index contributed by atoms with van der Waals surface area (Å²) in [4.78, 5) is 11.5. The van der Waals surface area contributed by atoms with Gasteiger partial charge in [-0.25, -0.2) is 0 Å². The van der Waals surface area contributed by atoms with Gasteiger partial charge in [0.2, 0.25) is 0 Å². The normalized spacial score (nSPS) is 54.9. The Labute approximate surface area is 83.4 Å². The number of carbonyl (C=O) groups excluding carboxylic acids is 1. The molecule has 0 amide bonds. The standard InChI is InChI=1S/C11H16O3/c1-2-5-6-3-7(10(5)12)9-8(6)4-14-11(9)13/h5-10,12H,2-4H2,1H3. The Morgan fingerprint density at radius 3 is 2.93 bits per heavy atom. The van der Waals surface area contributed by atoms with E-state index in [0.29, 0.717) is 24.4 Å². The molecule has 2 saturated carbocycles. The van der Waals surface area contributed by atoms with E-state index in [2.05, 4.69) is 6.92 Å². The fourth-order valence-electron chi connectivity index (χ4n) is 4.03. The van der Waals surface area contributed by atoms with E-state index in [0.717, 1.165) is 12.8 Å². The SMILES string of the molecule is CCC1C(O)C2CC1C1COC(=O)C21. The average molecular weight is 196 g/mol. The molecular weight excluding hydrogens is 180 g/mol. The van der Waals surface area contributed by atoms with Crippen molar-refractivity contribution in [3.8, 4) is 0 Å². The van der Waals surface area contributed by atoms with Crippen molar-refractivity contribution in [3.63, 3.8) is 0 Å². The van der Waals surface area contributed by atoms with Gasteiger partial charge in [0, 0.05) is 5.92 Å². The first kappa shape index (κ1) is 8.72. The van der Waals surface area contributed by atoms with Crippen LogP contribution in [-0.2, 0) is 9.53 Å². The quantitative estimate of drug-likeness (QED) is 0.631. The van der Waals surface area contributed by atoms with Crippen molar-refractivity contribution >= 4 is 5.97 Å². The Balaban J connectivity index is 1.92. The Bertz CT molecular complexity index is 276. The number of esters is 1. The molecule has 3 nitrogen and oxygen atoms in total. The van der Waals surface area contributed by atoms with Gasteiger partial charge in [-0.05, 0) is 24.2 Å². The van der Waals surface area contributed by atoms with Gasteiger partial charge >= 0.3 is 5.97 Å². The molecule has 3 rings (SSSR count). The number of fused-ring (bicyclic) bond motifs is 5. The van der Waals surface area contributed by atoms with Gasteiger partial charge in [-0.15, -0.1) is 0 Å². The summed E-state index contributed by atoms with van der Waals surface area (Å²) >= 11 is 0. The van der Waals surface area contributed by atoms with Crippen LogP contribution in [0.3, 0.4) is 0 Å². The monoisotopic (exact) mass is 196 g/mol. The highest BCUT2D eigenvalue weighted by molar-refractivity contribution is 5.76. The molecule has 3 fully saturated rings. The third kappa shape index (κ3) is 0.842. The van der Waals surface area contributed by atoms with Crippen LogP contribution in [0.2, 0.25) is 0 Å². The van der Waals surface area contributed by atoms with E-state index in [1.807, 2.05) is 0 Å². The average Bonchev–Trinajstić information content (AvgIpc) is 2.77. The van der Waals surface area contributed by atoms with Crippen molar-refractivity contribution in [3.05, 3.63) is 0 Å². The zero-order chi connectivity index (χ0) is 9.87. The number of rotatable bonds is 1. The van der Waals surface area contributed by atoms with Crippen LogP contribution in [0.1, 0.15) is 19.8 Å². The second-order valence-electron chi connectivity index (χ2n) is 4.95. The van der Waals surface area contributed by atoms with Crippen LogP contribution < -0.4 is 0 Å². The molecule has 0 spiro atoms. The minimum absolute atomic E-state index is 0.0257. The van der Waals surface area contributed by atoms with Crippen molar-refractivity contribution in [2.75, 3.05) is 6.61 Å². The van der Waals surface area contributed by atoms with Crippen molar-refractivity contribution in [2.24, 2.45) is 29.6 Å². The Morgan fingerprint density at radius 2 is 2.21 bits per heavy atom. The largest absolute Gasteiger partial charge is 0.465 e. The van der Waals surface area contributed by atoms with Crippen molar-refractivity contribution in [1.29, 1.82) is 0 Å². The Kier molecular flexibility index (Phi) is 1.69. The lowest BCUT2D eigenvalue weighted by Gasteiger charge is -2.32.